The van der Waals surface area contributed by atoms with Crippen molar-refractivity contribution < 1.29 is 8.42 Å². The van der Waals surface area contributed by atoms with Crippen LogP contribution in [0.5, 0.6) is 0 Å². The van der Waals surface area contributed by atoms with Crippen molar-refractivity contribution in [3.05, 3.63) is 16.3 Å². The molecule has 114 valence electrons. The molecule has 0 aromatic carbocycles. The minimum absolute atomic E-state index is 0.000795. The molecule has 1 aliphatic carbocycles. The Hall–Kier alpha value is -0.0800. The van der Waals surface area contributed by atoms with Crippen molar-refractivity contribution in [2.45, 2.75) is 49.7 Å². The second kappa shape index (κ2) is 7.26. The first kappa shape index (κ1) is 16.3. The van der Waals surface area contributed by atoms with Crippen LogP contribution < -0.4 is 10.0 Å². The predicted molar refractivity (Wildman–Crippen MR) is 87.0 cm³/mol. The first-order chi connectivity index (χ1) is 9.56. The highest BCUT2D eigenvalue weighted by Crippen LogP contribution is 2.25. The van der Waals surface area contributed by atoms with Gasteiger partial charge >= 0.3 is 0 Å². The van der Waals surface area contributed by atoms with Crippen molar-refractivity contribution >= 4 is 33.1 Å². The van der Waals surface area contributed by atoms with Gasteiger partial charge in [-0.3, -0.25) is 0 Å². The van der Waals surface area contributed by atoms with Gasteiger partial charge in [0.05, 0.1) is 4.90 Å². The highest BCUT2D eigenvalue weighted by molar-refractivity contribution is 7.98. The van der Waals surface area contributed by atoms with E-state index in [9.17, 15) is 8.42 Å². The molecule has 0 aliphatic heterocycles. The van der Waals surface area contributed by atoms with Gasteiger partial charge in [-0.2, -0.15) is 11.8 Å². The summed E-state index contributed by atoms with van der Waals surface area (Å²) in [5.41, 5.74) is 0. The third-order valence-corrected chi connectivity index (χ3v) is 6.70. The van der Waals surface area contributed by atoms with Gasteiger partial charge in [0, 0.05) is 29.3 Å². The van der Waals surface area contributed by atoms with Crippen molar-refractivity contribution in [1.82, 2.24) is 10.0 Å². The van der Waals surface area contributed by atoms with E-state index < -0.39 is 10.0 Å². The number of thiophene rings is 1. The van der Waals surface area contributed by atoms with Gasteiger partial charge in [-0.15, -0.1) is 11.3 Å². The van der Waals surface area contributed by atoms with E-state index in [0.717, 1.165) is 17.1 Å². The molecule has 1 aliphatic rings. The number of hydrogen-bond donors (Lipinski definition) is 2. The van der Waals surface area contributed by atoms with Gasteiger partial charge in [0.1, 0.15) is 0 Å². The van der Waals surface area contributed by atoms with E-state index >= 15 is 0 Å². The summed E-state index contributed by atoms with van der Waals surface area (Å²) in [6.07, 6.45) is 5.21. The molecule has 20 heavy (non-hydrogen) atoms. The lowest BCUT2D eigenvalue weighted by molar-refractivity contribution is 0.556. The van der Waals surface area contributed by atoms with Crippen molar-refractivity contribution in [3.63, 3.8) is 0 Å². The van der Waals surface area contributed by atoms with Crippen LogP contribution in [0.4, 0.5) is 0 Å². The van der Waals surface area contributed by atoms with E-state index in [-0.39, 0.29) is 6.04 Å². The summed E-state index contributed by atoms with van der Waals surface area (Å²) in [5, 5.41) is 5.23. The molecule has 1 atom stereocenters. The molecular formula is C13H22N2O2S3. The fourth-order valence-electron chi connectivity index (χ4n) is 1.94. The van der Waals surface area contributed by atoms with Crippen LogP contribution in [0.3, 0.4) is 0 Å². The minimum atomic E-state index is -3.40. The first-order valence-electron chi connectivity index (χ1n) is 6.87. The SMILES string of the molecule is CCC(CSC)NS(=O)(=O)c1ccsc1CNC1CC1. The summed E-state index contributed by atoms with van der Waals surface area (Å²) in [4.78, 5) is 1.35. The monoisotopic (exact) mass is 334 g/mol. The van der Waals surface area contributed by atoms with Crippen LogP contribution in [0, 0.1) is 0 Å². The summed E-state index contributed by atoms with van der Waals surface area (Å²) in [7, 11) is -3.40. The molecule has 2 N–H and O–H groups in total. The normalized spacial score (nSPS) is 17.3. The Bertz CT molecular complexity index is 523. The van der Waals surface area contributed by atoms with Crippen LogP contribution in [0.25, 0.3) is 0 Å². The summed E-state index contributed by atoms with van der Waals surface area (Å²) < 4.78 is 27.8. The van der Waals surface area contributed by atoms with E-state index in [0.29, 0.717) is 17.5 Å². The Morgan fingerprint density at radius 3 is 2.85 bits per heavy atom. The fourth-order valence-corrected chi connectivity index (χ4v) is 5.48. The van der Waals surface area contributed by atoms with Crippen LogP contribution in [0.15, 0.2) is 16.3 Å². The molecule has 1 fully saturated rings. The summed E-state index contributed by atoms with van der Waals surface area (Å²) in [6.45, 7) is 2.66. The lowest BCUT2D eigenvalue weighted by atomic mass is 10.3. The highest BCUT2D eigenvalue weighted by Gasteiger charge is 2.25. The maximum absolute atomic E-state index is 12.5. The maximum Gasteiger partial charge on any atom is 0.242 e. The highest BCUT2D eigenvalue weighted by atomic mass is 32.2. The van der Waals surface area contributed by atoms with E-state index in [1.807, 2.05) is 18.6 Å². The molecule has 0 radical (unpaired) electrons. The molecule has 0 amide bonds. The van der Waals surface area contributed by atoms with E-state index in [1.165, 1.54) is 24.2 Å². The van der Waals surface area contributed by atoms with Crippen molar-refractivity contribution in [3.8, 4) is 0 Å². The van der Waals surface area contributed by atoms with Gasteiger partial charge in [0.15, 0.2) is 0 Å². The molecule has 0 spiro atoms. The number of sulfonamides is 1. The van der Waals surface area contributed by atoms with Crippen LogP contribution >= 0.6 is 23.1 Å². The standard InChI is InChI=1S/C13H22N2O2S3/c1-3-10(9-18-2)15-20(16,17)13-6-7-19-12(13)8-14-11-4-5-11/h6-7,10-11,14-15H,3-5,8-9H2,1-2H3. The van der Waals surface area contributed by atoms with E-state index in [4.69, 9.17) is 0 Å². The number of rotatable bonds is 9. The third kappa shape index (κ3) is 4.46. The zero-order chi connectivity index (χ0) is 14.6. The molecule has 0 saturated heterocycles. The first-order valence-corrected chi connectivity index (χ1v) is 10.6. The van der Waals surface area contributed by atoms with Gasteiger partial charge in [-0.1, -0.05) is 6.92 Å². The molecule has 0 bridgehead atoms. The quantitative estimate of drug-likeness (QED) is 0.728. The molecular weight excluding hydrogens is 312 g/mol. The second-order valence-electron chi connectivity index (χ2n) is 5.05. The smallest absolute Gasteiger partial charge is 0.242 e. The summed E-state index contributed by atoms with van der Waals surface area (Å²) in [5.74, 6) is 0.801. The maximum atomic E-state index is 12.5. The zero-order valence-corrected chi connectivity index (χ0v) is 14.3. The van der Waals surface area contributed by atoms with Crippen LogP contribution in [0.2, 0.25) is 0 Å². The minimum Gasteiger partial charge on any atom is -0.309 e. The Kier molecular flexibility index (Phi) is 5.92. The topological polar surface area (TPSA) is 58.2 Å². The van der Waals surface area contributed by atoms with Crippen LogP contribution in [-0.4, -0.2) is 32.5 Å². The number of nitrogens with one attached hydrogen (secondary N) is 2. The Balaban J connectivity index is 2.05. The molecule has 1 aromatic heterocycles. The summed E-state index contributed by atoms with van der Waals surface area (Å²) in [6, 6.07) is 2.29. The molecule has 2 rings (SSSR count). The number of hydrogen-bond acceptors (Lipinski definition) is 5. The molecule has 1 aromatic rings. The molecule has 1 heterocycles. The van der Waals surface area contributed by atoms with Gasteiger partial charge in [-0.25, -0.2) is 13.1 Å². The Morgan fingerprint density at radius 2 is 2.25 bits per heavy atom. The molecule has 1 unspecified atom stereocenters. The van der Waals surface area contributed by atoms with Gasteiger partial charge < -0.3 is 5.32 Å². The molecule has 7 heteroatoms. The fraction of sp³-hybridized carbons (Fsp3) is 0.692. The second-order valence-corrected chi connectivity index (χ2v) is 8.64. The Morgan fingerprint density at radius 1 is 1.50 bits per heavy atom. The lowest BCUT2D eigenvalue weighted by Crippen LogP contribution is -2.36. The van der Waals surface area contributed by atoms with Gasteiger partial charge in [0.2, 0.25) is 10.0 Å². The van der Waals surface area contributed by atoms with Gasteiger partial charge in [-0.05, 0) is 37.0 Å². The predicted octanol–water partition coefficient (Wildman–Crippen LogP) is 2.42. The third-order valence-electron chi connectivity index (χ3n) is 3.31. The zero-order valence-electron chi connectivity index (χ0n) is 11.9. The van der Waals surface area contributed by atoms with Crippen LogP contribution in [0.1, 0.15) is 31.1 Å². The van der Waals surface area contributed by atoms with Crippen LogP contribution in [-0.2, 0) is 16.6 Å². The lowest BCUT2D eigenvalue weighted by Gasteiger charge is -2.16. The molecule has 1 saturated carbocycles. The van der Waals surface area contributed by atoms with E-state index in [1.54, 1.807) is 17.8 Å². The van der Waals surface area contributed by atoms with Gasteiger partial charge in [0.25, 0.3) is 0 Å². The van der Waals surface area contributed by atoms with Crippen molar-refractivity contribution in [2.75, 3.05) is 12.0 Å². The average molecular weight is 335 g/mol. The molecule has 4 nitrogen and oxygen atoms in total. The van der Waals surface area contributed by atoms with Crippen molar-refractivity contribution in [2.24, 2.45) is 0 Å². The average Bonchev–Trinajstić information content (AvgIpc) is 3.11. The Labute approximate surface area is 129 Å². The van der Waals surface area contributed by atoms with Crippen molar-refractivity contribution in [1.29, 1.82) is 0 Å². The van der Waals surface area contributed by atoms with E-state index in [2.05, 4.69) is 10.0 Å². The summed E-state index contributed by atoms with van der Waals surface area (Å²) >= 11 is 3.17. The number of thioether (sulfide) groups is 1. The largest absolute Gasteiger partial charge is 0.309 e.